The van der Waals surface area contributed by atoms with Crippen molar-refractivity contribution in [3.63, 3.8) is 0 Å². The van der Waals surface area contributed by atoms with Gasteiger partial charge >= 0.3 is 23.1 Å². The van der Waals surface area contributed by atoms with Gasteiger partial charge in [0.25, 0.3) is 32.1 Å². The van der Waals surface area contributed by atoms with Crippen molar-refractivity contribution in [1.82, 2.24) is 5.06 Å². The Morgan fingerprint density at radius 1 is 0.737 bits per heavy atom. The van der Waals surface area contributed by atoms with Crippen LogP contribution in [0.1, 0.15) is 72.4 Å². The van der Waals surface area contributed by atoms with Gasteiger partial charge in [0.15, 0.2) is 0 Å². The van der Waals surface area contributed by atoms with Gasteiger partial charge in [-0.1, -0.05) is 12.2 Å². The zero-order chi connectivity index (χ0) is 41.7. The van der Waals surface area contributed by atoms with E-state index in [9.17, 15) is 50.2 Å². The van der Waals surface area contributed by atoms with Crippen LogP contribution < -0.4 is 9.80 Å². The molecule has 3 aliphatic rings. The zero-order valence-corrected chi connectivity index (χ0v) is 33.2. The molecule has 57 heavy (non-hydrogen) atoms. The Bertz CT molecular complexity index is 2660. The highest BCUT2D eigenvalue weighted by Crippen LogP contribution is 2.48. The molecule has 0 radical (unpaired) electrons. The highest BCUT2D eigenvalue weighted by molar-refractivity contribution is 7.86. The molecular formula is C39H38N3O13S2+. The number of hydrogen-bond donors (Lipinski definition) is 3. The average Bonchev–Trinajstić information content (AvgIpc) is 3.41. The Morgan fingerprint density at radius 2 is 1.19 bits per heavy atom. The molecule has 0 unspecified atom stereocenters. The summed E-state index contributed by atoms with van der Waals surface area (Å²) in [6, 6.07) is 10.0. The van der Waals surface area contributed by atoms with Crippen molar-refractivity contribution in [2.75, 3.05) is 35.4 Å². The van der Waals surface area contributed by atoms with Crippen LogP contribution in [0.15, 0.2) is 59.0 Å². The average molecular weight is 821 g/mol. The maximum absolute atomic E-state index is 13.5. The number of benzene rings is 3. The fraction of sp³-hybridized carbons (Fsp3) is 0.308. The normalized spacial score (nSPS) is 17.7. The van der Waals surface area contributed by atoms with Crippen molar-refractivity contribution in [3.05, 3.63) is 76.9 Å². The van der Waals surface area contributed by atoms with E-state index >= 15 is 0 Å². The van der Waals surface area contributed by atoms with Gasteiger partial charge in [0.2, 0.25) is 0 Å². The molecule has 3 aliphatic heterocycles. The molecule has 0 spiro atoms. The molecule has 4 aromatic rings. The number of carboxylic acids is 1. The number of carbonyl (C=O) groups excluding carboxylic acids is 3. The molecule has 18 heteroatoms. The minimum Gasteiger partial charge on any atom is -0.478 e. The predicted molar refractivity (Wildman–Crippen MR) is 211 cm³/mol. The maximum atomic E-state index is 13.5. The number of nitrogens with zero attached hydrogens (tertiary/aromatic N) is 3. The van der Waals surface area contributed by atoms with Crippen LogP contribution in [0.2, 0.25) is 0 Å². The molecule has 2 amide bonds. The number of anilines is 2. The molecular weight excluding hydrogens is 783 g/mol. The van der Waals surface area contributed by atoms with Crippen LogP contribution in [-0.2, 0) is 34.7 Å². The first-order valence-corrected chi connectivity index (χ1v) is 20.8. The first kappa shape index (κ1) is 39.5. The quantitative estimate of drug-likeness (QED) is 0.0869. The molecule has 0 atom stereocenters. The van der Waals surface area contributed by atoms with Crippen LogP contribution in [0.4, 0.5) is 11.4 Å². The third-order valence-corrected chi connectivity index (χ3v) is 12.1. The van der Waals surface area contributed by atoms with Crippen molar-refractivity contribution >= 4 is 88.4 Å². The highest BCUT2D eigenvalue weighted by Gasteiger charge is 2.38. The molecule has 0 saturated carbocycles. The Kier molecular flexibility index (Phi) is 9.15. The molecule has 1 aromatic heterocycles. The number of fused-ring (bicyclic) bond motifs is 4. The molecule has 298 valence electrons. The first-order valence-electron chi connectivity index (χ1n) is 17.5. The van der Waals surface area contributed by atoms with Crippen LogP contribution in [0.5, 0.6) is 0 Å². The molecule has 1 fully saturated rings. The van der Waals surface area contributed by atoms with E-state index in [1.54, 1.807) is 50.5 Å². The van der Waals surface area contributed by atoms with Crippen LogP contribution >= 0.6 is 0 Å². The minimum absolute atomic E-state index is 0.0590. The minimum atomic E-state index is -4.55. The monoisotopic (exact) mass is 820 g/mol. The standard InChI is InChI=1S/C39H37N3O13S2/c1-38(2)16-21(18-56(48,49)50)24-12-27-31(14-29(24)40(38)5)54-32-15-30-25(22(19-57(51,52)53)17-39(3,4)41(30)6)13-28(32)35(27)26-11-20(7-8-23(26)36(45)46)37(47)55-42-33(43)9-10-34(42)44/h7-8,11-17H,9-10,18-19H2,1-6H3,(H2-,45,46,48,49,50,51,52,53)/p+1. The number of imide groups is 1. The summed E-state index contributed by atoms with van der Waals surface area (Å²) in [5.41, 5.74) is 0.744. The Balaban J connectivity index is 1.60. The lowest BCUT2D eigenvalue weighted by Gasteiger charge is -2.41. The van der Waals surface area contributed by atoms with Gasteiger partial charge in [-0.25, -0.2) is 14.0 Å². The smallest absolute Gasteiger partial charge is 0.363 e. The van der Waals surface area contributed by atoms with Gasteiger partial charge in [0.05, 0.1) is 56.5 Å². The molecule has 0 bridgehead atoms. The van der Waals surface area contributed by atoms with E-state index in [-0.39, 0.29) is 68.2 Å². The summed E-state index contributed by atoms with van der Waals surface area (Å²) in [6.07, 6.45) is 3.06. The number of aromatic carboxylic acids is 1. The number of likely N-dealkylation sites (N-methyl/N-ethyl adjacent to an activating group) is 2. The molecule has 3 aromatic carbocycles. The summed E-state index contributed by atoms with van der Waals surface area (Å²) >= 11 is 0. The van der Waals surface area contributed by atoms with Gasteiger partial charge in [0.1, 0.15) is 11.5 Å². The summed E-state index contributed by atoms with van der Waals surface area (Å²) in [5, 5.41) is 11.4. The van der Waals surface area contributed by atoms with E-state index in [4.69, 9.17) is 9.25 Å². The summed E-state index contributed by atoms with van der Waals surface area (Å²) in [5.74, 6) is -5.50. The molecule has 3 N–H and O–H groups in total. The van der Waals surface area contributed by atoms with Crippen molar-refractivity contribution < 1.29 is 59.5 Å². The molecule has 16 nitrogen and oxygen atoms in total. The second-order valence-electron chi connectivity index (χ2n) is 15.5. The summed E-state index contributed by atoms with van der Waals surface area (Å²) in [4.78, 5) is 59.9. The number of amides is 2. The van der Waals surface area contributed by atoms with E-state index in [0.717, 1.165) is 12.1 Å². The largest absolute Gasteiger partial charge is 0.478 e. The number of carbonyl (C=O) groups is 4. The van der Waals surface area contributed by atoms with Crippen LogP contribution in [-0.4, -0.2) is 96.5 Å². The van der Waals surface area contributed by atoms with Gasteiger partial charge < -0.3 is 19.7 Å². The summed E-state index contributed by atoms with van der Waals surface area (Å²) < 4.78 is 75.8. The third kappa shape index (κ3) is 7.13. The Morgan fingerprint density at radius 3 is 1.61 bits per heavy atom. The topological polar surface area (TPSA) is 227 Å². The van der Waals surface area contributed by atoms with Crippen molar-refractivity contribution in [3.8, 4) is 11.1 Å². The van der Waals surface area contributed by atoms with Gasteiger partial charge in [-0.3, -0.25) is 18.7 Å². The van der Waals surface area contributed by atoms with Gasteiger partial charge in [-0.05, 0) is 74.7 Å². The SMILES string of the molecule is CN1c2cc3[o+]c4cc5c(cc4c(-c4cc(C(=O)ON6C(=O)CCC6=O)ccc4C(=O)O)c3cc2C(CS(=O)(=O)O)=CC1(C)C)C(CS(=O)(=O)O)=CC(C)(C)N5C. The van der Waals surface area contributed by atoms with Crippen LogP contribution in [0.25, 0.3) is 44.2 Å². The molecule has 7 rings (SSSR count). The van der Waals surface area contributed by atoms with Crippen molar-refractivity contribution in [2.24, 2.45) is 0 Å². The Hall–Kier alpha value is -5.69. The fourth-order valence-corrected chi connectivity index (χ4v) is 8.90. The lowest BCUT2D eigenvalue weighted by molar-refractivity contribution is -0.172. The summed E-state index contributed by atoms with van der Waals surface area (Å²) in [7, 11) is -5.53. The van der Waals surface area contributed by atoms with Crippen LogP contribution in [0, 0.1) is 0 Å². The second kappa shape index (κ2) is 13.2. The van der Waals surface area contributed by atoms with Crippen LogP contribution in [0.3, 0.4) is 0 Å². The highest BCUT2D eigenvalue weighted by atomic mass is 32.2. The lowest BCUT2D eigenvalue weighted by atomic mass is 9.85. The van der Waals surface area contributed by atoms with Crippen molar-refractivity contribution in [2.45, 2.75) is 51.6 Å². The molecule has 1 saturated heterocycles. The predicted octanol–water partition coefficient (Wildman–Crippen LogP) is 5.45. The van der Waals surface area contributed by atoms with E-state index < -0.39 is 66.6 Å². The third-order valence-electron chi connectivity index (χ3n) is 10.8. The summed E-state index contributed by atoms with van der Waals surface area (Å²) in [6.45, 7) is 7.40. The lowest BCUT2D eigenvalue weighted by Crippen LogP contribution is -2.42. The van der Waals surface area contributed by atoms with E-state index in [0.29, 0.717) is 27.6 Å². The second-order valence-corrected chi connectivity index (χ2v) is 18.4. The number of carboxylic acid groups (broad SMARTS) is 1. The fourth-order valence-electron chi connectivity index (χ4n) is 7.63. The van der Waals surface area contributed by atoms with Gasteiger partial charge in [-0.15, -0.1) is 5.06 Å². The zero-order valence-electron chi connectivity index (χ0n) is 31.6. The number of hydrogen-bond acceptors (Lipinski definition) is 11. The number of rotatable bonds is 8. The van der Waals surface area contributed by atoms with E-state index in [2.05, 4.69) is 0 Å². The van der Waals surface area contributed by atoms with Gasteiger partial charge in [0, 0.05) is 43.6 Å². The number of hydroxylamine groups is 2. The molecule has 0 aliphatic carbocycles. The van der Waals surface area contributed by atoms with Gasteiger partial charge in [-0.2, -0.15) is 16.8 Å². The maximum Gasteiger partial charge on any atom is 0.363 e. The first-order chi connectivity index (χ1) is 26.3. The molecule has 4 heterocycles. The van der Waals surface area contributed by atoms with E-state index in [1.807, 2.05) is 37.5 Å². The van der Waals surface area contributed by atoms with E-state index in [1.165, 1.54) is 6.07 Å². The van der Waals surface area contributed by atoms with Crippen molar-refractivity contribution in [1.29, 1.82) is 0 Å². The Labute approximate surface area is 327 Å².